The lowest BCUT2D eigenvalue weighted by Crippen LogP contribution is -2.11. The van der Waals surface area contributed by atoms with Crippen LogP contribution in [0.25, 0.3) is 0 Å². The highest BCUT2D eigenvalue weighted by Crippen LogP contribution is 2.23. The number of nitrogens with zero attached hydrogens (tertiary/aromatic N) is 2. The van der Waals surface area contributed by atoms with Crippen LogP contribution >= 0.6 is 11.3 Å². The van der Waals surface area contributed by atoms with Crippen LogP contribution in [0.3, 0.4) is 0 Å². The molecule has 1 aromatic heterocycles. The van der Waals surface area contributed by atoms with Crippen LogP contribution in [-0.2, 0) is 22.4 Å². The van der Waals surface area contributed by atoms with E-state index in [9.17, 15) is 29.8 Å². The lowest BCUT2D eigenvalue weighted by Gasteiger charge is -2.03. The number of rotatable bonds is 8. The molecule has 0 radical (unpaired) electrons. The highest BCUT2D eigenvalue weighted by molar-refractivity contribution is 7.12. The van der Waals surface area contributed by atoms with E-state index >= 15 is 0 Å². The van der Waals surface area contributed by atoms with Crippen molar-refractivity contribution in [3.63, 3.8) is 0 Å². The smallest absolute Gasteiger partial charge is 0.316 e. The van der Waals surface area contributed by atoms with E-state index in [4.69, 9.17) is 9.47 Å². The molecule has 1 heterocycles. The van der Waals surface area contributed by atoms with Crippen molar-refractivity contribution in [2.75, 3.05) is 0 Å². The first kappa shape index (κ1) is 21.6. The van der Waals surface area contributed by atoms with E-state index in [0.29, 0.717) is 9.75 Å². The molecule has 0 aliphatic heterocycles. The van der Waals surface area contributed by atoms with Crippen LogP contribution in [0, 0.1) is 20.2 Å². The number of benzene rings is 2. The van der Waals surface area contributed by atoms with Crippen molar-refractivity contribution < 1.29 is 28.9 Å². The van der Waals surface area contributed by atoms with E-state index in [1.54, 1.807) is 12.1 Å². The molecule has 31 heavy (non-hydrogen) atoms. The molecule has 0 N–H and O–H groups in total. The molecule has 0 unspecified atom stereocenters. The zero-order valence-corrected chi connectivity index (χ0v) is 16.6. The fraction of sp³-hybridized carbons (Fsp3) is 0.100. The quantitative estimate of drug-likeness (QED) is 0.222. The van der Waals surface area contributed by atoms with Crippen molar-refractivity contribution in [3.05, 3.63) is 90.6 Å². The fourth-order valence-electron chi connectivity index (χ4n) is 2.55. The third kappa shape index (κ3) is 6.18. The van der Waals surface area contributed by atoms with Crippen LogP contribution in [-0.4, -0.2) is 21.8 Å². The van der Waals surface area contributed by atoms with Gasteiger partial charge in [0, 0.05) is 21.9 Å². The number of ether oxygens (including phenoxy) is 2. The molecular formula is C20H14N2O8S. The Morgan fingerprint density at radius 2 is 1.16 bits per heavy atom. The molecule has 10 nitrogen and oxygen atoms in total. The zero-order chi connectivity index (χ0) is 22.4. The molecular weight excluding hydrogens is 428 g/mol. The van der Waals surface area contributed by atoms with Crippen LogP contribution in [0.15, 0.2) is 60.7 Å². The van der Waals surface area contributed by atoms with Gasteiger partial charge in [-0.05, 0) is 24.3 Å². The second-order valence-corrected chi connectivity index (χ2v) is 7.43. The normalized spacial score (nSPS) is 10.3. The van der Waals surface area contributed by atoms with Gasteiger partial charge in [0.1, 0.15) is 11.5 Å². The lowest BCUT2D eigenvalue weighted by atomic mass is 10.3. The van der Waals surface area contributed by atoms with Crippen LogP contribution in [0.5, 0.6) is 11.5 Å². The molecule has 11 heteroatoms. The van der Waals surface area contributed by atoms with Crippen molar-refractivity contribution in [1.82, 2.24) is 0 Å². The number of thiophene rings is 1. The van der Waals surface area contributed by atoms with Crippen LogP contribution in [0.2, 0.25) is 0 Å². The molecule has 0 aliphatic rings. The third-order valence-electron chi connectivity index (χ3n) is 3.87. The van der Waals surface area contributed by atoms with E-state index < -0.39 is 21.8 Å². The number of nitro benzene ring substituents is 2. The van der Waals surface area contributed by atoms with E-state index in [1.807, 2.05) is 0 Å². The fourth-order valence-corrected chi connectivity index (χ4v) is 3.54. The molecule has 0 aliphatic carbocycles. The zero-order valence-electron chi connectivity index (χ0n) is 15.8. The standard InChI is InChI=1S/C20H14N2O8S/c23-19(29-15-5-1-3-13(9-15)21(25)26)11-17-7-8-18(31-17)12-20(24)30-16-6-2-4-14(10-16)22(27)28/h1-10H,11-12H2. The Morgan fingerprint density at radius 1 is 0.742 bits per heavy atom. The number of carbonyl (C=O) groups is 2. The Hall–Kier alpha value is -4.12. The minimum Gasteiger partial charge on any atom is -0.426 e. The number of nitro groups is 2. The molecule has 0 saturated heterocycles. The van der Waals surface area contributed by atoms with E-state index in [2.05, 4.69) is 0 Å². The first-order valence-electron chi connectivity index (χ1n) is 8.78. The summed E-state index contributed by atoms with van der Waals surface area (Å²) < 4.78 is 10.3. The molecule has 0 bridgehead atoms. The second-order valence-electron chi connectivity index (χ2n) is 6.18. The van der Waals surface area contributed by atoms with Crippen LogP contribution in [0.1, 0.15) is 9.75 Å². The summed E-state index contributed by atoms with van der Waals surface area (Å²) in [6, 6.07) is 13.9. The van der Waals surface area contributed by atoms with Gasteiger partial charge in [-0.2, -0.15) is 0 Å². The molecule has 3 aromatic rings. The van der Waals surface area contributed by atoms with Gasteiger partial charge in [-0.3, -0.25) is 29.8 Å². The molecule has 158 valence electrons. The third-order valence-corrected chi connectivity index (χ3v) is 4.96. The summed E-state index contributed by atoms with van der Waals surface area (Å²) >= 11 is 1.21. The molecule has 0 spiro atoms. The summed E-state index contributed by atoms with van der Waals surface area (Å²) in [5, 5.41) is 21.6. The maximum Gasteiger partial charge on any atom is 0.316 e. The summed E-state index contributed by atoms with van der Waals surface area (Å²) in [5.74, 6) is -1.07. The molecule has 2 aromatic carbocycles. The summed E-state index contributed by atoms with van der Waals surface area (Å²) in [5.41, 5.74) is -0.378. The Labute approximate surface area is 179 Å². The Kier molecular flexibility index (Phi) is 6.67. The van der Waals surface area contributed by atoms with Crippen molar-refractivity contribution in [1.29, 1.82) is 0 Å². The molecule has 0 fully saturated rings. The highest BCUT2D eigenvalue weighted by Gasteiger charge is 2.15. The van der Waals surface area contributed by atoms with Gasteiger partial charge < -0.3 is 9.47 Å². The van der Waals surface area contributed by atoms with Gasteiger partial charge in [-0.1, -0.05) is 12.1 Å². The van der Waals surface area contributed by atoms with Gasteiger partial charge in [0.2, 0.25) is 0 Å². The maximum absolute atomic E-state index is 12.1. The summed E-state index contributed by atoms with van der Waals surface area (Å²) in [6.07, 6.45) is -0.152. The van der Waals surface area contributed by atoms with E-state index in [-0.39, 0.29) is 35.7 Å². The minimum absolute atomic E-state index is 0.0662. The van der Waals surface area contributed by atoms with Crippen LogP contribution in [0.4, 0.5) is 11.4 Å². The summed E-state index contributed by atoms with van der Waals surface area (Å²) in [7, 11) is 0. The maximum atomic E-state index is 12.1. The molecule has 0 atom stereocenters. The van der Waals surface area contributed by atoms with Gasteiger partial charge in [0.25, 0.3) is 11.4 Å². The van der Waals surface area contributed by atoms with Gasteiger partial charge in [0.05, 0.1) is 34.8 Å². The van der Waals surface area contributed by atoms with Crippen LogP contribution < -0.4 is 9.47 Å². The Morgan fingerprint density at radius 3 is 1.55 bits per heavy atom. The number of hydrogen-bond donors (Lipinski definition) is 0. The molecule has 0 saturated carbocycles. The topological polar surface area (TPSA) is 139 Å². The Balaban J connectivity index is 1.55. The first-order chi connectivity index (χ1) is 14.8. The number of hydrogen-bond acceptors (Lipinski definition) is 9. The van der Waals surface area contributed by atoms with Gasteiger partial charge >= 0.3 is 11.9 Å². The first-order valence-corrected chi connectivity index (χ1v) is 9.59. The highest BCUT2D eigenvalue weighted by atomic mass is 32.1. The predicted molar refractivity (Wildman–Crippen MR) is 109 cm³/mol. The van der Waals surface area contributed by atoms with E-state index in [1.165, 1.54) is 47.7 Å². The molecule has 3 rings (SSSR count). The van der Waals surface area contributed by atoms with Gasteiger partial charge in [-0.15, -0.1) is 11.3 Å². The minimum atomic E-state index is -0.604. The van der Waals surface area contributed by atoms with Gasteiger partial charge in [0.15, 0.2) is 0 Å². The van der Waals surface area contributed by atoms with Gasteiger partial charge in [-0.25, -0.2) is 0 Å². The lowest BCUT2D eigenvalue weighted by molar-refractivity contribution is -0.385. The monoisotopic (exact) mass is 442 g/mol. The van der Waals surface area contributed by atoms with Crippen molar-refractivity contribution >= 4 is 34.7 Å². The second kappa shape index (κ2) is 9.59. The largest absolute Gasteiger partial charge is 0.426 e. The summed E-state index contributed by atoms with van der Waals surface area (Å²) in [4.78, 5) is 45.8. The SMILES string of the molecule is O=C(Cc1ccc(CC(=O)Oc2cccc([N+](=O)[O-])c2)s1)Oc1cccc([N+](=O)[O-])c1. The number of carbonyl (C=O) groups excluding carboxylic acids is 2. The van der Waals surface area contributed by atoms with E-state index in [0.717, 1.165) is 12.1 Å². The average Bonchev–Trinajstić information content (AvgIpc) is 3.14. The average molecular weight is 442 g/mol. The Bertz CT molecular complexity index is 1070. The number of non-ortho nitro benzene ring substituents is 2. The number of esters is 2. The summed E-state index contributed by atoms with van der Waals surface area (Å²) in [6.45, 7) is 0. The van der Waals surface area contributed by atoms with Crippen molar-refractivity contribution in [2.45, 2.75) is 12.8 Å². The van der Waals surface area contributed by atoms with Crippen molar-refractivity contribution in [3.8, 4) is 11.5 Å². The predicted octanol–water partition coefficient (Wildman–Crippen LogP) is 3.86. The molecule has 0 amide bonds. The van der Waals surface area contributed by atoms with Crippen molar-refractivity contribution in [2.24, 2.45) is 0 Å².